The third-order valence-electron chi connectivity index (χ3n) is 3.12. The summed E-state index contributed by atoms with van der Waals surface area (Å²) >= 11 is 1.35. The lowest BCUT2D eigenvalue weighted by Gasteiger charge is -2.13. The van der Waals surface area contributed by atoms with Crippen molar-refractivity contribution in [3.8, 4) is 0 Å². The van der Waals surface area contributed by atoms with Crippen LogP contribution in [0, 0.1) is 0 Å². The predicted octanol–water partition coefficient (Wildman–Crippen LogP) is -0.544. The van der Waals surface area contributed by atoms with Crippen molar-refractivity contribution >= 4 is 11.8 Å². The number of nitrogens with zero attached hydrogens (tertiary/aromatic N) is 1. The van der Waals surface area contributed by atoms with Gasteiger partial charge in [-0.1, -0.05) is 6.92 Å². The largest absolute Gasteiger partial charge is 0.395 e. The van der Waals surface area contributed by atoms with Gasteiger partial charge in [-0.2, -0.15) is 0 Å². The number of aromatic nitrogens is 2. The van der Waals surface area contributed by atoms with Crippen LogP contribution in [0.2, 0.25) is 0 Å². The first kappa shape index (κ1) is 13.4. The van der Waals surface area contributed by atoms with Crippen molar-refractivity contribution in [3.05, 3.63) is 32.6 Å². The number of aliphatic hydroxyl groups is 2. The van der Waals surface area contributed by atoms with Crippen LogP contribution >= 0.6 is 11.8 Å². The smallest absolute Gasteiger partial charge is 0.329 e. The predicted molar refractivity (Wildman–Crippen MR) is 68.8 cm³/mol. The first-order valence-electron chi connectivity index (χ1n) is 5.85. The number of thioether (sulfide) groups is 1. The van der Waals surface area contributed by atoms with Crippen LogP contribution in [0.3, 0.4) is 0 Å². The molecule has 7 heteroatoms. The zero-order valence-corrected chi connectivity index (χ0v) is 10.8. The number of H-pyrrole nitrogens is 1. The van der Waals surface area contributed by atoms with E-state index in [1.807, 2.05) is 6.92 Å². The van der Waals surface area contributed by atoms with E-state index in [2.05, 4.69) is 4.98 Å². The second kappa shape index (κ2) is 5.29. The summed E-state index contributed by atoms with van der Waals surface area (Å²) in [6, 6.07) is 0. The van der Waals surface area contributed by atoms with Crippen molar-refractivity contribution in [2.75, 3.05) is 6.61 Å². The standard InChI is InChI=1S/C11H16N2O4S/c1-2-6-4-13(11(17)12-10(6)16)9-3-7(15)8(5-14)18-9/h4,7-9,14-15H,2-3,5H2,1H3,(H,12,16,17)/t7?,8?,9-/m1/s1. The molecule has 2 unspecified atom stereocenters. The van der Waals surface area contributed by atoms with Crippen LogP contribution in [0.4, 0.5) is 0 Å². The summed E-state index contributed by atoms with van der Waals surface area (Å²) in [5, 5.41) is 18.3. The van der Waals surface area contributed by atoms with Crippen molar-refractivity contribution < 1.29 is 10.2 Å². The molecule has 2 heterocycles. The number of nitrogens with one attached hydrogen (secondary N) is 1. The third-order valence-corrected chi connectivity index (χ3v) is 4.66. The molecule has 100 valence electrons. The lowest BCUT2D eigenvalue weighted by molar-refractivity contribution is 0.137. The molecule has 1 saturated heterocycles. The summed E-state index contributed by atoms with van der Waals surface area (Å²) in [7, 11) is 0. The van der Waals surface area contributed by atoms with Crippen molar-refractivity contribution in [3.63, 3.8) is 0 Å². The number of aliphatic hydroxyl groups excluding tert-OH is 2. The van der Waals surface area contributed by atoms with E-state index in [9.17, 15) is 14.7 Å². The summed E-state index contributed by atoms with van der Waals surface area (Å²) < 4.78 is 1.43. The molecule has 0 spiro atoms. The Kier molecular flexibility index (Phi) is 3.94. The zero-order chi connectivity index (χ0) is 13.3. The van der Waals surface area contributed by atoms with E-state index in [1.54, 1.807) is 6.20 Å². The van der Waals surface area contributed by atoms with Gasteiger partial charge in [-0.05, 0) is 6.42 Å². The first-order chi connectivity index (χ1) is 8.56. The van der Waals surface area contributed by atoms with Crippen molar-refractivity contribution in [1.82, 2.24) is 9.55 Å². The van der Waals surface area contributed by atoms with E-state index in [0.717, 1.165) is 0 Å². The molecule has 0 aromatic carbocycles. The lowest BCUT2D eigenvalue weighted by Crippen LogP contribution is -2.32. The van der Waals surface area contributed by atoms with Crippen LogP contribution in [0.25, 0.3) is 0 Å². The average molecular weight is 272 g/mol. The van der Waals surface area contributed by atoms with Crippen molar-refractivity contribution in [2.24, 2.45) is 0 Å². The number of aromatic amines is 1. The fraction of sp³-hybridized carbons (Fsp3) is 0.636. The van der Waals surface area contributed by atoms with Gasteiger partial charge in [0.2, 0.25) is 0 Å². The SMILES string of the molecule is CCc1cn([C@H]2CC(O)C(CO)S2)c(=O)[nH]c1=O. The minimum Gasteiger partial charge on any atom is -0.395 e. The maximum absolute atomic E-state index is 11.7. The van der Waals surface area contributed by atoms with Gasteiger partial charge in [-0.15, -0.1) is 11.8 Å². The summed E-state index contributed by atoms with van der Waals surface area (Å²) in [5.74, 6) is 0. The van der Waals surface area contributed by atoms with Crippen LogP contribution in [0.15, 0.2) is 15.8 Å². The highest BCUT2D eigenvalue weighted by Gasteiger charge is 2.34. The number of hydrogen-bond donors (Lipinski definition) is 3. The van der Waals surface area contributed by atoms with Gasteiger partial charge >= 0.3 is 5.69 Å². The maximum atomic E-state index is 11.7. The second-order valence-electron chi connectivity index (χ2n) is 4.29. The molecule has 0 aliphatic carbocycles. The second-order valence-corrected chi connectivity index (χ2v) is 5.71. The summed E-state index contributed by atoms with van der Waals surface area (Å²) in [4.78, 5) is 25.5. The third kappa shape index (κ3) is 2.38. The van der Waals surface area contributed by atoms with E-state index >= 15 is 0 Å². The minimum absolute atomic E-state index is 0.124. The van der Waals surface area contributed by atoms with E-state index in [-0.39, 0.29) is 22.8 Å². The lowest BCUT2D eigenvalue weighted by atomic mass is 10.2. The number of rotatable bonds is 3. The molecule has 3 atom stereocenters. The highest BCUT2D eigenvalue weighted by atomic mass is 32.2. The van der Waals surface area contributed by atoms with Crippen LogP contribution in [0.5, 0.6) is 0 Å². The fourth-order valence-electron chi connectivity index (χ4n) is 2.04. The van der Waals surface area contributed by atoms with Gasteiger partial charge in [-0.25, -0.2) is 4.79 Å². The summed E-state index contributed by atoms with van der Waals surface area (Å²) in [6.45, 7) is 1.72. The molecule has 18 heavy (non-hydrogen) atoms. The van der Waals surface area contributed by atoms with Gasteiger partial charge in [0.05, 0.1) is 23.3 Å². The van der Waals surface area contributed by atoms with Gasteiger partial charge in [0.1, 0.15) is 0 Å². The van der Waals surface area contributed by atoms with Crippen LogP contribution in [-0.2, 0) is 6.42 Å². The van der Waals surface area contributed by atoms with E-state index in [4.69, 9.17) is 5.11 Å². The normalized spacial score (nSPS) is 27.6. The Bertz CT molecular complexity index is 539. The Morgan fingerprint density at radius 1 is 1.56 bits per heavy atom. The Morgan fingerprint density at radius 2 is 2.28 bits per heavy atom. The van der Waals surface area contributed by atoms with Crippen LogP contribution < -0.4 is 11.2 Å². The highest BCUT2D eigenvalue weighted by Crippen LogP contribution is 2.40. The van der Waals surface area contributed by atoms with E-state index in [1.165, 1.54) is 16.3 Å². The molecule has 1 fully saturated rings. The van der Waals surface area contributed by atoms with Crippen LogP contribution in [-0.4, -0.2) is 37.7 Å². The Hall–Kier alpha value is -1.05. The molecule has 1 aliphatic heterocycles. The minimum atomic E-state index is -0.631. The molecular formula is C11H16N2O4S. The highest BCUT2D eigenvalue weighted by molar-refractivity contribution is 8.00. The molecule has 0 radical (unpaired) electrons. The van der Waals surface area contributed by atoms with E-state index < -0.39 is 11.8 Å². The van der Waals surface area contributed by atoms with E-state index in [0.29, 0.717) is 18.4 Å². The molecule has 1 aromatic heterocycles. The van der Waals surface area contributed by atoms with Crippen molar-refractivity contribution in [1.29, 1.82) is 0 Å². The molecule has 1 aromatic rings. The van der Waals surface area contributed by atoms with Gasteiger partial charge in [0, 0.05) is 18.2 Å². The van der Waals surface area contributed by atoms with Gasteiger partial charge in [0.15, 0.2) is 0 Å². The fourth-order valence-corrected chi connectivity index (χ4v) is 3.42. The zero-order valence-electron chi connectivity index (χ0n) is 10.00. The summed E-state index contributed by atoms with van der Waals surface area (Å²) in [5.41, 5.74) is -0.293. The molecule has 1 aliphatic rings. The number of hydrogen-bond acceptors (Lipinski definition) is 5. The average Bonchev–Trinajstić information content (AvgIpc) is 2.70. The molecular weight excluding hydrogens is 256 g/mol. The molecule has 2 rings (SSSR count). The van der Waals surface area contributed by atoms with Gasteiger partial charge in [-0.3, -0.25) is 14.3 Å². The molecule has 0 saturated carbocycles. The van der Waals surface area contributed by atoms with Crippen molar-refractivity contribution in [2.45, 2.75) is 36.5 Å². The quantitative estimate of drug-likeness (QED) is 0.686. The Balaban J connectivity index is 2.35. The van der Waals surface area contributed by atoms with Gasteiger partial charge < -0.3 is 10.2 Å². The first-order valence-corrected chi connectivity index (χ1v) is 6.79. The maximum Gasteiger partial charge on any atom is 0.329 e. The Labute approximate surface area is 108 Å². The molecule has 6 nitrogen and oxygen atoms in total. The number of aryl methyl sites for hydroxylation is 1. The van der Waals surface area contributed by atoms with Gasteiger partial charge in [0.25, 0.3) is 5.56 Å². The monoisotopic (exact) mass is 272 g/mol. The Morgan fingerprint density at radius 3 is 2.83 bits per heavy atom. The molecule has 0 amide bonds. The van der Waals surface area contributed by atoms with Crippen LogP contribution in [0.1, 0.15) is 24.3 Å². The molecule has 3 N–H and O–H groups in total. The molecule has 0 bridgehead atoms. The topological polar surface area (TPSA) is 95.3 Å². The summed E-state index contributed by atoms with van der Waals surface area (Å²) in [6.07, 6.45) is 1.85.